The molecule has 5 amide bonds. The molecule has 5 rings (SSSR count). The van der Waals surface area contributed by atoms with Gasteiger partial charge in [-0.3, -0.25) is 38.5 Å². The molecule has 0 bridgehead atoms. The van der Waals surface area contributed by atoms with E-state index in [-0.39, 0.29) is 76.2 Å². The summed E-state index contributed by atoms with van der Waals surface area (Å²) in [6, 6.07) is 15.3. The highest BCUT2D eigenvalue weighted by molar-refractivity contribution is 6.13. The number of aliphatic carboxylic acids is 1. The fraction of sp³-hybridized carbons (Fsp3) is 0.538. The minimum Gasteiger partial charge on any atom is -0.477 e. The zero-order valence-corrected chi connectivity index (χ0v) is 42.6. The van der Waals surface area contributed by atoms with Crippen LogP contribution in [0.3, 0.4) is 0 Å². The summed E-state index contributed by atoms with van der Waals surface area (Å²) in [4.78, 5) is 97.9. The molecule has 2 aliphatic rings. The number of hydrogen-bond acceptors (Lipinski definition) is 19. The first-order valence-corrected chi connectivity index (χ1v) is 25.4. The summed E-state index contributed by atoms with van der Waals surface area (Å²) in [5.41, 5.74) is 1.61. The molecule has 9 N–H and O–H groups in total. The number of halogens is 1. The largest absolute Gasteiger partial charge is 0.477 e. The lowest BCUT2D eigenvalue weighted by Gasteiger charge is -2.46. The Bertz CT molecular complexity index is 2460. The normalized spacial score (nSPS) is 19.0. The molecule has 1 saturated heterocycles. The summed E-state index contributed by atoms with van der Waals surface area (Å²) in [7, 11) is 0. The second-order valence-corrected chi connectivity index (χ2v) is 18.0. The van der Waals surface area contributed by atoms with E-state index in [9.17, 15) is 63.2 Å². The van der Waals surface area contributed by atoms with E-state index in [2.05, 4.69) is 26.6 Å². The van der Waals surface area contributed by atoms with Crippen molar-refractivity contribution in [2.75, 3.05) is 109 Å². The van der Waals surface area contributed by atoms with Crippen LogP contribution >= 0.6 is 0 Å². The highest BCUT2D eigenvalue weighted by Gasteiger charge is 2.56. The molecule has 0 spiro atoms. The zero-order chi connectivity index (χ0) is 55.6. The average Bonchev–Trinajstić information content (AvgIpc) is 3.76. The van der Waals surface area contributed by atoms with Crippen LogP contribution in [0.2, 0.25) is 0 Å². The summed E-state index contributed by atoms with van der Waals surface area (Å²) in [6.07, 6.45) is -3.92. The van der Waals surface area contributed by atoms with Gasteiger partial charge in [-0.15, -0.1) is 0 Å². The molecule has 3 aromatic rings. The number of hydrogen-bond donors (Lipinski definition) is 9. The van der Waals surface area contributed by atoms with Crippen molar-refractivity contribution in [3.8, 4) is 11.1 Å². The topological polar surface area (TPSA) is 336 Å². The van der Waals surface area contributed by atoms with Gasteiger partial charge in [0.15, 0.2) is 6.67 Å². The minimum atomic E-state index is -2.55. The Kier molecular flexibility index (Phi) is 25.7. The molecule has 24 nitrogen and oxygen atoms in total. The predicted octanol–water partition coefficient (Wildman–Crippen LogP) is -0.686. The summed E-state index contributed by atoms with van der Waals surface area (Å²) in [5.74, 6) is -7.09. The van der Waals surface area contributed by atoms with E-state index in [4.69, 9.17) is 28.4 Å². The number of amides is 5. The maximum absolute atomic E-state index is 13.3. The molecular formula is C52H69FN6O18. The number of benzene rings is 2. The Labute approximate surface area is 443 Å². The number of alkyl halides is 1. The summed E-state index contributed by atoms with van der Waals surface area (Å²) in [6.45, 7) is 0.957. The molecule has 0 saturated carbocycles. The lowest BCUT2D eigenvalue weighted by molar-refractivity contribution is -0.310. The maximum Gasteiger partial charge on any atom is 0.364 e. The van der Waals surface area contributed by atoms with Gasteiger partial charge in [0.25, 0.3) is 34.4 Å². The van der Waals surface area contributed by atoms with Crippen molar-refractivity contribution < 1.29 is 82.0 Å². The second kappa shape index (κ2) is 32.2. The maximum atomic E-state index is 13.3. The molecule has 0 aliphatic carbocycles. The highest BCUT2D eigenvalue weighted by Crippen LogP contribution is 2.34. The van der Waals surface area contributed by atoms with Crippen LogP contribution in [0.25, 0.3) is 11.1 Å². The quantitative estimate of drug-likeness (QED) is 0.0195. The molecular weight excluding hydrogens is 1020 g/mol. The van der Waals surface area contributed by atoms with Crippen LogP contribution in [0, 0.1) is 0 Å². The number of rotatable bonds is 38. The van der Waals surface area contributed by atoms with E-state index >= 15 is 0 Å². The second-order valence-electron chi connectivity index (χ2n) is 18.0. The Hall–Kier alpha value is -6.55. The van der Waals surface area contributed by atoms with Crippen molar-refractivity contribution in [3.63, 3.8) is 0 Å². The lowest BCUT2D eigenvalue weighted by atomic mass is 9.88. The zero-order valence-electron chi connectivity index (χ0n) is 42.6. The number of nitrogens with zero attached hydrogens (tertiary/aromatic N) is 1. The van der Waals surface area contributed by atoms with E-state index in [1.807, 2.05) is 42.5 Å². The SMILES string of the molecule is O=C(CCN1C(=O)C=CC1=O)NCCOCCOCCOCCOCCNc1c(NCCCCCCO[C@]2(C(=O)O)C[C@H](O)[C@@H](NC(=O)CF)[C@H]([C@H](O)[C@H](O)CNC(=O)Cc3ccc(-c4ccccc4)cc3)O2)c(=O)c1=O. The number of carbonyl (C=O) groups is 6. The Morgan fingerprint density at radius 3 is 1.87 bits per heavy atom. The van der Waals surface area contributed by atoms with Crippen LogP contribution in [0.5, 0.6) is 0 Å². The molecule has 0 unspecified atom stereocenters. The summed E-state index contributed by atoms with van der Waals surface area (Å²) in [5, 5.41) is 56.7. The predicted molar refractivity (Wildman–Crippen MR) is 274 cm³/mol. The van der Waals surface area contributed by atoms with Crippen LogP contribution < -0.4 is 37.4 Å². The van der Waals surface area contributed by atoms with E-state index in [1.165, 1.54) is 0 Å². The van der Waals surface area contributed by atoms with Crippen molar-refractivity contribution >= 4 is 46.9 Å². The van der Waals surface area contributed by atoms with Crippen LogP contribution in [0.1, 0.15) is 44.1 Å². The Balaban J connectivity index is 0.909. The third-order valence-electron chi connectivity index (χ3n) is 12.3. The number of carbonyl (C=O) groups excluding carboxylic acids is 5. The van der Waals surface area contributed by atoms with Gasteiger partial charge >= 0.3 is 5.97 Å². The third kappa shape index (κ3) is 19.5. The number of ether oxygens (including phenoxy) is 6. The number of carboxylic acids is 1. The number of aliphatic hydroxyl groups is 3. The number of nitrogens with one attached hydrogen (secondary N) is 5. The van der Waals surface area contributed by atoms with Crippen molar-refractivity contribution in [2.24, 2.45) is 0 Å². The molecule has 0 aromatic heterocycles. The molecule has 6 atom stereocenters. The highest BCUT2D eigenvalue weighted by atomic mass is 19.1. The standard InChI is InChI=1S/C52H69FN6O18/c53-32-41(64)58-44-37(60)31-52(51(70)71,77-50(44)47(67)38(61)33-57-40(63)30-34-10-12-36(13-11-34)35-8-4-3-5-9-35)76-21-7-2-1-6-17-55-45-46(49(69)48(45)68)56-19-23-73-25-27-75-29-28-74-26-24-72-22-18-54-39(62)16-20-59-42(65)14-15-43(59)66/h3-5,8-15,37-38,44,47,50,55-56,60-61,67H,1-2,6-7,16-33H2,(H,54,62)(H,57,63)(H,58,64)(H,70,71)/t37-,38+,44+,47+,50+,52+/m0/s1. The fourth-order valence-electron chi connectivity index (χ4n) is 8.18. The first kappa shape index (κ1) is 61.3. The third-order valence-corrected chi connectivity index (χ3v) is 12.3. The molecule has 2 heterocycles. The van der Waals surface area contributed by atoms with Crippen LogP contribution in [-0.4, -0.2) is 196 Å². The van der Waals surface area contributed by atoms with Crippen molar-refractivity contribution in [1.82, 2.24) is 20.9 Å². The van der Waals surface area contributed by atoms with E-state index in [0.29, 0.717) is 70.8 Å². The monoisotopic (exact) mass is 1080 g/mol. The number of carboxylic acid groups (broad SMARTS) is 1. The number of imide groups is 1. The van der Waals surface area contributed by atoms with Gasteiger partial charge < -0.3 is 75.4 Å². The van der Waals surface area contributed by atoms with Gasteiger partial charge in [-0.25, -0.2) is 9.18 Å². The van der Waals surface area contributed by atoms with Gasteiger partial charge in [0.2, 0.25) is 11.8 Å². The first-order chi connectivity index (χ1) is 37.1. The summed E-state index contributed by atoms with van der Waals surface area (Å²) >= 11 is 0. The molecule has 25 heteroatoms. The van der Waals surface area contributed by atoms with Crippen molar-refractivity contribution in [3.05, 3.63) is 92.8 Å². The van der Waals surface area contributed by atoms with Gasteiger partial charge in [0.05, 0.1) is 84.1 Å². The molecule has 3 aromatic carbocycles. The molecule has 1 fully saturated rings. The Morgan fingerprint density at radius 2 is 1.26 bits per heavy atom. The van der Waals surface area contributed by atoms with Gasteiger partial charge in [-0.05, 0) is 29.5 Å². The first-order valence-electron chi connectivity index (χ1n) is 25.4. The van der Waals surface area contributed by atoms with Crippen molar-refractivity contribution in [1.29, 1.82) is 0 Å². The minimum absolute atomic E-state index is 0.000748. The fourth-order valence-corrected chi connectivity index (χ4v) is 8.18. The average molecular weight is 1090 g/mol. The van der Waals surface area contributed by atoms with Gasteiger partial charge in [0, 0.05) is 57.7 Å². The van der Waals surface area contributed by atoms with E-state index < -0.39 is 96.3 Å². The molecule has 0 radical (unpaired) electrons. The van der Waals surface area contributed by atoms with Gasteiger partial charge in [-0.1, -0.05) is 67.4 Å². The van der Waals surface area contributed by atoms with Crippen LogP contribution in [-0.2, 0) is 63.6 Å². The van der Waals surface area contributed by atoms with Gasteiger partial charge in [-0.2, -0.15) is 0 Å². The van der Waals surface area contributed by atoms with Crippen molar-refractivity contribution in [2.45, 2.75) is 81.2 Å². The number of aliphatic hydroxyl groups excluding tert-OH is 3. The van der Waals surface area contributed by atoms with Crippen LogP contribution in [0.4, 0.5) is 15.8 Å². The van der Waals surface area contributed by atoms with E-state index in [1.54, 1.807) is 12.1 Å². The summed E-state index contributed by atoms with van der Waals surface area (Å²) < 4.78 is 46.6. The Morgan fingerprint density at radius 1 is 0.688 bits per heavy atom. The van der Waals surface area contributed by atoms with Crippen LogP contribution in [0.15, 0.2) is 76.3 Å². The lowest BCUT2D eigenvalue weighted by Crippen LogP contribution is -2.68. The number of unbranched alkanes of at least 4 members (excludes halogenated alkanes) is 3. The number of anilines is 2. The molecule has 77 heavy (non-hydrogen) atoms. The smallest absolute Gasteiger partial charge is 0.364 e. The molecule has 2 aliphatic heterocycles. The van der Waals surface area contributed by atoms with Gasteiger partial charge in [0.1, 0.15) is 23.6 Å². The van der Waals surface area contributed by atoms with E-state index in [0.717, 1.165) is 28.2 Å². The molecule has 422 valence electrons.